The molecule has 1 aliphatic rings. The molecule has 0 spiro atoms. The topological polar surface area (TPSA) is 98.2 Å². The second kappa shape index (κ2) is 7.12. The van der Waals surface area contributed by atoms with Crippen molar-refractivity contribution in [2.24, 2.45) is 0 Å². The molecule has 8 heteroatoms. The molecule has 4 heterocycles. The summed E-state index contributed by atoms with van der Waals surface area (Å²) in [5.41, 5.74) is 2.52. The van der Waals surface area contributed by atoms with Crippen molar-refractivity contribution in [2.45, 2.75) is 32.2 Å². The van der Waals surface area contributed by atoms with Crippen LogP contribution in [0.3, 0.4) is 0 Å². The normalized spacial score (nSPS) is 17.0. The summed E-state index contributed by atoms with van der Waals surface area (Å²) in [7, 11) is 0. The summed E-state index contributed by atoms with van der Waals surface area (Å²) in [4.78, 5) is 23.9. The Morgan fingerprint density at radius 3 is 2.86 bits per heavy atom. The molecule has 146 valence electrons. The Labute approximate surface area is 166 Å². The summed E-state index contributed by atoms with van der Waals surface area (Å²) in [5.74, 6) is 0.887. The molecule has 29 heavy (non-hydrogen) atoms. The van der Waals surface area contributed by atoms with Gasteiger partial charge in [0.25, 0.3) is 11.6 Å². The molecule has 4 aromatic rings. The van der Waals surface area contributed by atoms with Gasteiger partial charge in [0.05, 0.1) is 16.6 Å². The van der Waals surface area contributed by atoms with Crippen LogP contribution in [0.5, 0.6) is 0 Å². The number of fused-ring (bicyclic) bond motifs is 1. The van der Waals surface area contributed by atoms with Crippen molar-refractivity contribution in [3.05, 3.63) is 59.7 Å². The van der Waals surface area contributed by atoms with Crippen LogP contribution in [-0.4, -0.2) is 37.6 Å². The molecule has 0 radical (unpaired) electrons. The van der Waals surface area contributed by atoms with E-state index in [4.69, 9.17) is 9.05 Å². The summed E-state index contributed by atoms with van der Waals surface area (Å²) >= 11 is 0. The van der Waals surface area contributed by atoms with E-state index in [0.717, 1.165) is 30.2 Å². The van der Waals surface area contributed by atoms with Crippen molar-refractivity contribution in [2.75, 3.05) is 6.54 Å². The van der Waals surface area contributed by atoms with Gasteiger partial charge in [-0.3, -0.25) is 4.79 Å². The monoisotopic (exact) mass is 389 g/mol. The molecule has 1 amide bonds. The van der Waals surface area contributed by atoms with Crippen molar-refractivity contribution in [3.63, 3.8) is 0 Å². The zero-order chi connectivity index (χ0) is 19.8. The predicted molar refractivity (Wildman–Crippen MR) is 104 cm³/mol. The Morgan fingerprint density at radius 1 is 1.14 bits per heavy atom. The maximum absolute atomic E-state index is 13.3. The standard InChI is InChI=1S/C21H19N5O3/c1-13-16-11-15(12-22-19(16)28-24-13)21(27)26-10-6-5-9-17(26)20-23-18(25-29-20)14-7-3-2-4-8-14/h2-4,7-8,11-12,17H,5-6,9-10H2,1H3/t17-/m1/s1. The number of aryl methyl sites for hydroxylation is 1. The number of likely N-dealkylation sites (tertiary alicyclic amines) is 1. The van der Waals surface area contributed by atoms with Gasteiger partial charge in [0.2, 0.25) is 11.7 Å². The van der Waals surface area contributed by atoms with E-state index in [1.54, 1.807) is 11.0 Å². The highest BCUT2D eigenvalue weighted by Gasteiger charge is 2.33. The van der Waals surface area contributed by atoms with E-state index in [9.17, 15) is 4.79 Å². The largest absolute Gasteiger partial charge is 0.337 e. The fraction of sp³-hybridized carbons (Fsp3) is 0.286. The molecule has 1 fully saturated rings. The molecular weight excluding hydrogens is 370 g/mol. The third-order valence-electron chi connectivity index (χ3n) is 5.28. The van der Waals surface area contributed by atoms with Gasteiger partial charge in [-0.2, -0.15) is 4.98 Å². The molecule has 5 rings (SSSR count). The zero-order valence-corrected chi connectivity index (χ0v) is 15.9. The van der Waals surface area contributed by atoms with Gasteiger partial charge < -0.3 is 13.9 Å². The van der Waals surface area contributed by atoms with Crippen LogP contribution < -0.4 is 0 Å². The van der Waals surface area contributed by atoms with Gasteiger partial charge in [0.1, 0.15) is 6.04 Å². The molecule has 0 saturated carbocycles. The maximum atomic E-state index is 13.3. The Balaban J connectivity index is 1.46. The van der Waals surface area contributed by atoms with Gasteiger partial charge in [-0.05, 0) is 32.3 Å². The number of pyridine rings is 1. The highest BCUT2D eigenvalue weighted by molar-refractivity contribution is 5.97. The molecule has 1 aromatic carbocycles. The number of amides is 1. The van der Waals surface area contributed by atoms with Crippen LogP contribution in [0.1, 0.15) is 47.2 Å². The average molecular weight is 389 g/mol. The molecule has 0 bridgehead atoms. The van der Waals surface area contributed by atoms with Crippen LogP contribution in [0, 0.1) is 6.92 Å². The van der Waals surface area contributed by atoms with Crippen LogP contribution in [-0.2, 0) is 0 Å². The van der Waals surface area contributed by atoms with Gasteiger partial charge in [0.15, 0.2) is 0 Å². The van der Waals surface area contributed by atoms with Gasteiger partial charge in [-0.15, -0.1) is 0 Å². The number of nitrogens with zero attached hydrogens (tertiary/aromatic N) is 5. The summed E-state index contributed by atoms with van der Waals surface area (Å²) in [6.45, 7) is 2.46. The maximum Gasteiger partial charge on any atom is 0.257 e. The SMILES string of the molecule is Cc1noc2ncc(C(=O)N3CCCC[C@@H]3c3nc(-c4ccccc4)no3)cc12. The van der Waals surface area contributed by atoms with Crippen molar-refractivity contribution < 1.29 is 13.8 Å². The highest BCUT2D eigenvalue weighted by Crippen LogP contribution is 2.32. The van der Waals surface area contributed by atoms with E-state index in [2.05, 4.69) is 20.3 Å². The Morgan fingerprint density at radius 2 is 2.00 bits per heavy atom. The number of carbonyl (C=O) groups is 1. The van der Waals surface area contributed by atoms with Crippen molar-refractivity contribution in [1.82, 2.24) is 25.2 Å². The van der Waals surface area contributed by atoms with E-state index in [1.807, 2.05) is 37.3 Å². The smallest absolute Gasteiger partial charge is 0.257 e. The minimum Gasteiger partial charge on any atom is -0.337 e. The first-order valence-corrected chi connectivity index (χ1v) is 9.63. The van der Waals surface area contributed by atoms with Crippen LogP contribution in [0.2, 0.25) is 0 Å². The molecule has 1 saturated heterocycles. The molecule has 1 aliphatic heterocycles. The second-order valence-electron chi connectivity index (χ2n) is 7.18. The Kier molecular flexibility index (Phi) is 4.31. The molecule has 0 unspecified atom stereocenters. The van der Waals surface area contributed by atoms with E-state index in [0.29, 0.717) is 35.2 Å². The third kappa shape index (κ3) is 3.16. The number of aromatic nitrogens is 4. The number of piperidine rings is 1. The van der Waals surface area contributed by atoms with Crippen molar-refractivity contribution in [1.29, 1.82) is 0 Å². The molecule has 1 atom stereocenters. The fourth-order valence-corrected chi connectivity index (χ4v) is 3.73. The number of carbonyl (C=O) groups excluding carboxylic acids is 1. The lowest BCUT2D eigenvalue weighted by Gasteiger charge is -2.33. The highest BCUT2D eigenvalue weighted by atomic mass is 16.5. The molecule has 0 aliphatic carbocycles. The van der Waals surface area contributed by atoms with Gasteiger partial charge >= 0.3 is 0 Å². The summed E-state index contributed by atoms with van der Waals surface area (Å²) in [5, 5.41) is 8.77. The summed E-state index contributed by atoms with van der Waals surface area (Å²) in [6.07, 6.45) is 4.25. The summed E-state index contributed by atoms with van der Waals surface area (Å²) in [6, 6.07) is 11.2. The van der Waals surface area contributed by atoms with Crippen LogP contribution >= 0.6 is 0 Å². The number of rotatable bonds is 3. The first-order chi connectivity index (χ1) is 14.2. The first-order valence-electron chi connectivity index (χ1n) is 9.63. The van der Waals surface area contributed by atoms with Gasteiger partial charge in [-0.1, -0.05) is 40.6 Å². The van der Waals surface area contributed by atoms with Crippen LogP contribution in [0.4, 0.5) is 0 Å². The average Bonchev–Trinajstić information content (AvgIpc) is 3.41. The van der Waals surface area contributed by atoms with Crippen molar-refractivity contribution >= 4 is 17.0 Å². The minimum absolute atomic E-state index is 0.107. The zero-order valence-electron chi connectivity index (χ0n) is 15.9. The quantitative estimate of drug-likeness (QED) is 0.523. The lowest BCUT2D eigenvalue weighted by Crippen LogP contribution is -2.38. The Bertz CT molecular complexity index is 1170. The number of benzene rings is 1. The van der Waals surface area contributed by atoms with Gasteiger partial charge in [-0.25, -0.2) is 4.98 Å². The lowest BCUT2D eigenvalue weighted by atomic mass is 10.0. The van der Waals surface area contributed by atoms with Gasteiger partial charge in [0, 0.05) is 18.3 Å². The summed E-state index contributed by atoms with van der Waals surface area (Å²) < 4.78 is 10.7. The predicted octanol–water partition coefficient (Wildman–Crippen LogP) is 3.95. The lowest BCUT2D eigenvalue weighted by molar-refractivity contribution is 0.0561. The Hall–Kier alpha value is -3.55. The second-order valence-corrected chi connectivity index (χ2v) is 7.18. The minimum atomic E-state index is -0.250. The van der Waals surface area contributed by atoms with Crippen LogP contribution in [0.15, 0.2) is 51.6 Å². The number of hydrogen-bond acceptors (Lipinski definition) is 7. The fourth-order valence-electron chi connectivity index (χ4n) is 3.73. The first kappa shape index (κ1) is 17.5. The van der Waals surface area contributed by atoms with E-state index < -0.39 is 0 Å². The molecule has 3 aromatic heterocycles. The molecule has 0 N–H and O–H groups in total. The number of hydrogen-bond donors (Lipinski definition) is 0. The van der Waals surface area contributed by atoms with E-state index >= 15 is 0 Å². The third-order valence-corrected chi connectivity index (χ3v) is 5.28. The van der Waals surface area contributed by atoms with Crippen molar-refractivity contribution in [3.8, 4) is 11.4 Å². The van der Waals surface area contributed by atoms with E-state index in [1.165, 1.54) is 6.20 Å². The van der Waals surface area contributed by atoms with Crippen LogP contribution in [0.25, 0.3) is 22.5 Å². The molecular formula is C21H19N5O3. The van der Waals surface area contributed by atoms with E-state index in [-0.39, 0.29) is 11.9 Å². The molecule has 8 nitrogen and oxygen atoms in total.